The minimum absolute atomic E-state index is 0.0762. The van der Waals surface area contributed by atoms with Gasteiger partial charge in [0.2, 0.25) is 5.91 Å². The maximum atomic E-state index is 12.9. The molecule has 3 aromatic rings. The number of sulfonamides is 1. The van der Waals surface area contributed by atoms with E-state index in [-0.39, 0.29) is 4.90 Å². The molecule has 0 unspecified atom stereocenters. The molecule has 4 rings (SSSR count). The molecule has 1 atom stereocenters. The van der Waals surface area contributed by atoms with Gasteiger partial charge >= 0.3 is 0 Å². The molecule has 0 saturated heterocycles. The molecule has 3 aromatic carbocycles. The zero-order chi connectivity index (χ0) is 19.0. The van der Waals surface area contributed by atoms with Crippen LogP contribution in [0.5, 0.6) is 5.75 Å². The standard InChI is InChI=1S/C20H16ClNO4S/c21-17-9-4-8-15-16(11-12-26-19(15)17)20(23)22-27(24,25)18-10-3-6-13-5-1-2-7-14(13)18/h1-10,16H,11-12H2,(H,22,23)/t16-/m0/s1. The van der Waals surface area contributed by atoms with Crippen molar-refractivity contribution in [2.45, 2.75) is 17.2 Å². The van der Waals surface area contributed by atoms with Gasteiger partial charge in [0.25, 0.3) is 10.0 Å². The van der Waals surface area contributed by atoms with Crippen molar-refractivity contribution in [1.82, 2.24) is 4.72 Å². The van der Waals surface area contributed by atoms with Crippen LogP contribution < -0.4 is 9.46 Å². The summed E-state index contributed by atoms with van der Waals surface area (Å²) in [6, 6.07) is 17.2. The summed E-state index contributed by atoms with van der Waals surface area (Å²) in [7, 11) is -4.02. The third-order valence-corrected chi connectivity index (χ3v) is 6.32. The van der Waals surface area contributed by atoms with E-state index in [0.29, 0.717) is 34.7 Å². The van der Waals surface area contributed by atoms with Gasteiger partial charge < -0.3 is 4.74 Å². The van der Waals surface area contributed by atoms with Gasteiger partial charge in [-0.1, -0.05) is 60.1 Å². The second-order valence-electron chi connectivity index (χ2n) is 6.29. The Kier molecular flexibility index (Phi) is 4.53. The number of benzene rings is 3. The highest BCUT2D eigenvalue weighted by Crippen LogP contribution is 2.39. The van der Waals surface area contributed by atoms with Crippen LogP contribution in [0.2, 0.25) is 5.02 Å². The summed E-state index contributed by atoms with van der Waals surface area (Å²) in [6.45, 7) is 0.295. The molecule has 0 aromatic heterocycles. The third kappa shape index (κ3) is 3.26. The van der Waals surface area contributed by atoms with Crippen LogP contribution in [0.15, 0.2) is 65.6 Å². The maximum Gasteiger partial charge on any atom is 0.264 e. The summed E-state index contributed by atoms with van der Waals surface area (Å²) in [5, 5.41) is 1.76. The van der Waals surface area contributed by atoms with E-state index in [9.17, 15) is 13.2 Å². The normalized spacial score (nSPS) is 16.4. The number of para-hydroxylation sites is 1. The van der Waals surface area contributed by atoms with Crippen LogP contribution in [-0.2, 0) is 14.8 Å². The van der Waals surface area contributed by atoms with Gasteiger partial charge in [0.15, 0.2) is 0 Å². The first-order valence-electron chi connectivity index (χ1n) is 8.43. The van der Waals surface area contributed by atoms with E-state index in [1.807, 2.05) is 18.2 Å². The van der Waals surface area contributed by atoms with Gasteiger partial charge in [-0.25, -0.2) is 13.1 Å². The van der Waals surface area contributed by atoms with E-state index in [2.05, 4.69) is 4.72 Å². The lowest BCUT2D eigenvalue weighted by Gasteiger charge is -2.25. The fourth-order valence-corrected chi connectivity index (χ4v) is 4.83. The zero-order valence-electron chi connectivity index (χ0n) is 14.2. The molecule has 0 bridgehead atoms. The number of carbonyl (C=O) groups excluding carboxylic acids is 1. The monoisotopic (exact) mass is 401 g/mol. The number of hydrogen-bond donors (Lipinski definition) is 1. The number of nitrogens with one attached hydrogen (secondary N) is 1. The first-order valence-corrected chi connectivity index (χ1v) is 10.3. The van der Waals surface area contributed by atoms with Gasteiger partial charge in [0.1, 0.15) is 5.75 Å². The van der Waals surface area contributed by atoms with Gasteiger partial charge in [0, 0.05) is 10.9 Å². The van der Waals surface area contributed by atoms with Crippen molar-refractivity contribution in [2.24, 2.45) is 0 Å². The molecule has 1 N–H and O–H groups in total. The number of ether oxygens (including phenoxy) is 1. The molecular formula is C20H16ClNO4S. The summed E-state index contributed by atoms with van der Waals surface area (Å²) in [6.07, 6.45) is 0.379. The molecule has 0 spiro atoms. The lowest BCUT2D eigenvalue weighted by Crippen LogP contribution is -2.36. The highest BCUT2D eigenvalue weighted by Gasteiger charge is 2.32. The Balaban J connectivity index is 1.68. The van der Waals surface area contributed by atoms with Crippen LogP contribution >= 0.6 is 11.6 Å². The Bertz CT molecular complexity index is 1140. The summed E-state index contributed by atoms with van der Waals surface area (Å²) in [5.41, 5.74) is 0.597. The summed E-state index contributed by atoms with van der Waals surface area (Å²) < 4.78 is 33.6. The molecule has 0 saturated carbocycles. The van der Waals surface area contributed by atoms with E-state index in [0.717, 1.165) is 5.39 Å². The van der Waals surface area contributed by atoms with Crippen molar-refractivity contribution >= 4 is 38.3 Å². The number of fused-ring (bicyclic) bond motifs is 2. The van der Waals surface area contributed by atoms with Crippen molar-refractivity contribution in [3.05, 3.63) is 71.2 Å². The van der Waals surface area contributed by atoms with Crippen molar-refractivity contribution in [3.8, 4) is 5.75 Å². The molecule has 0 aliphatic carbocycles. The first-order chi connectivity index (χ1) is 13.0. The molecule has 1 aliphatic rings. The molecule has 27 heavy (non-hydrogen) atoms. The van der Waals surface area contributed by atoms with Gasteiger partial charge in [-0.3, -0.25) is 4.79 Å². The molecule has 5 nitrogen and oxygen atoms in total. The Morgan fingerprint density at radius 3 is 2.63 bits per heavy atom. The second-order valence-corrected chi connectivity index (χ2v) is 8.35. The largest absolute Gasteiger partial charge is 0.492 e. The molecule has 7 heteroatoms. The van der Waals surface area contributed by atoms with Crippen LogP contribution in [0.3, 0.4) is 0 Å². The van der Waals surface area contributed by atoms with Gasteiger partial charge in [0.05, 0.1) is 22.4 Å². The van der Waals surface area contributed by atoms with Gasteiger partial charge in [-0.15, -0.1) is 0 Å². The van der Waals surface area contributed by atoms with E-state index in [1.165, 1.54) is 6.07 Å². The number of hydrogen-bond acceptors (Lipinski definition) is 4. The molecule has 0 radical (unpaired) electrons. The number of carbonyl (C=O) groups is 1. The summed E-state index contributed by atoms with van der Waals surface area (Å²) in [5.74, 6) is -0.792. The molecule has 1 aliphatic heterocycles. The molecule has 1 heterocycles. The van der Waals surface area contributed by atoms with E-state index in [1.54, 1.807) is 36.4 Å². The number of halogens is 1. The Morgan fingerprint density at radius 1 is 1.04 bits per heavy atom. The lowest BCUT2D eigenvalue weighted by molar-refractivity contribution is -0.121. The first kappa shape index (κ1) is 17.8. The average Bonchev–Trinajstić information content (AvgIpc) is 2.67. The average molecular weight is 402 g/mol. The van der Waals surface area contributed by atoms with Crippen LogP contribution in [0, 0.1) is 0 Å². The minimum Gasteiger partial charge on any atom is -0.492 e. The SMILES string of the molecule is O=C(NS(=O)(=O)c1cccc2ccccc12)[C@H]1CCOc2c(Cl)cccc21. The summed E-state index contributed by atoms with van der Waals surface area (Å²) in [4.78, 5) is 12.9. The van der Waals surface area contributed by atoms with E-state index in [4.69, 9.17) is 16.3 Å². The predicted molar refractivity (Wildman–Crippen MR) is 104 cm³/mol. The van der Waals surface area contributed by atoms with Gasteiger partial charge in [-0.05, 0) is 23.9 Å². The number of rotatable bonds is 3. The number of amides is 1. The van der Waals surface area contributed by atoms with Crippen molar-refractivity contribution in [2.75, 3.05) is 6.61 Å². The quantitative estimate of drug-likeness (QED) is 0.723. The van der Waals surface area contributed by atoms with Crippen LogP contribution in [0.25, 0.3) is 10.8 Å². The van der Waals surface area contributed by atoms with Crippen molar-refractivity contribution < 1.29 is 17.9 Å². The predicted octanol–water partition coefficient (Wildman–Crippen LogP) is 3.86. The smallest absolute Gasteiger partial charge is 0.264 e. The topological polar surface area (TPSA) is 72.5 Å². The third-order valence-electron chi connectivity index (χ3n) is 4.62. The Hall–Kier alpha value is -2.57. The van der Waals surface area contributed by atoms with Crippen molar-refractivity contribution in [1.29, 1.82) is 0 Å². The van der Waals surface area contributed by atoms with Crippen LogP contribution in [-0.4, -0.2) is 20.9 Å². The highest BCUT2D eigenvalue weighted by atomic mass is 35.5. The van der Waals surface area contributed by atoms with E-state index < -0.39 is 21.8 Å². The molecular weight excluding hydrogens is 386 g/mol. The maximum absolute atomic E-state index is 12.9. The fourth-order valence-electron chi connectivity index (χ4n) is 3.35. The second kappa shape index (κ2) is 6.87. The van der Waals surface area contributed by atoms with Crippen molar-refractivity contribution in [3.63, 3.8) is 0 Å². The molecule has 138 valence electrons. The minimum atomic E-state index is -4.02. The molecule has 0 fully saturated rings. The van der Waals surface area contributed by atoms with E-state index >= 15 is 0 Å². The van der Waals surface area contributed by atoms with Crippen LogP contribution in [0.1, 0.15) is 17.9 Å². The van der Waals surface area contributed by atoms with Gasteiger partial charge in [-0.2, -0.15) is 0 Å². The zero-order valence-corrected chi connectivity index (χ0v) is 15.8. The Morgan fingerprint density at radius 2 is 1.78 bits per heavy atom. The summed E-state index contributed by atoms with van der Waals surface area (Å²) >= 11 is 6.13. The fraction of sp³-hybridized carbons (Fsp3) is 0.150. The lowest BCUT2D eigenvalue weighted by atomic mass is 9.93. The van der Waals surface area contributed by atoms with Crippen LogP contribution in [0.4, 0.5) is 0 Å². The highest BCUT2D eigenvalue weighted by molar-refractivity contribution is 7.90. The molecule has 1 amide bonds. The Labute approximate surface area is 162 Å².